The average Bonchev–Trinajstić information content (AvgIpc) is 2.14. The minimum atomic E-state index is -4.93. The number of hydrogen-bond acceptors (Lipinski definition) is 3. The zero-order chi connectivity index (χ0) is 14.6. The normalized spacial score (nSPS) is 16.7. The molecule has 18 heavy (non-hydrogen) atoms. The second kappa shape index (κ2) is 6.39. The van der Waals surface area contributed by atoms with Crippen LogP contribution in [0.4, 0.5) is 26.3 Å². The number of halogens is 6. The first kappa shape index (κ1) is 17.2. The lowest BCUT2D eigenvalue weighted by Crippen LogP contribution is -2.46. The molecule has 3 nitrogen and oxygen atoms in total. The van der Waals surface area contributed by atoms with Crippen molar-refractivity contribution in [3.05, 3.63) is 12.7 Å². The summed E-state index contributed by atoms with van der Waals surface area (Å²) in [6.45, 7) is 0.719. The molecule has 0 aromatic heterocycles. The number of rotatable bonds is 6. The summed E-state index contributed by atoms with van der Waals surface area (Å²) in [7, 11) is 0. The van der Waals surface area contributed by atoms with E-state index in [0.29, 0.717) is 4.90 Å². The Bertz CT molecular complexity index is 243. The first-order chi connectivity index (χ1) is 7.98. The summed E-state index contributed by atoms with van der Waals surface area (Å²) in [5.74, 6) is 0. The second-order valence-electron chi connectivity index (χ2n) is 3.62. The van der Waals surface area contributed by atoms with Crippen LogP contribution in [0.5, 0.6) is 0 Å². The molecule has 2 atom stereocenters. The molecule has 2 N–H and O–H groups in total. The van der Waals surface area contributed by atoms with Gasteiger partial charge in [0.25, 0.3) is 0 Å². The maximum absolute atomic E-state index is 12.0. The first-order valence-electron chi connectivity index (χ1n) is 4.81. The van der Waals surface area contributed by atoms with Crippen molar-refractivity contribution >= 4 is 0 Å². The highest BCUT2D eigenvalue weighted by molar-refractivity contribution is 4.81. The largest absolute Gasteiger partial charge is 0.415 e. The van der Waals surface area contributed by atoms with Crippen molar-refractivity contribution in [3.63, 3.8) is 0 Å². The highest BCUT2D eigenvalue weighted by atomic mass is 19.4. The van der Waals surface area contributed by atoms with Crippen molar-refractivity contribution in [2.75, 3.05) is 19.6 Å². The predicted octanol–water partition coefficient (Wildman–Crippen LogP) is 1.32. The van der Waals surface area contributed by atoms with Gasteiger partial charge in [-0.1, -0.05) is 6.08 Å². The number of hydrogen-bond donors (Lipinski definition) is 2. The summed E-state index contributed by atoms with van der Waals surface area (Å²) in [6.07, 6.45) is -14.3. The molecule has 0 heterocycles. The lowest BCUT2D eigenvalue weighted by atomic mass is 10.2. The highest BCUT2D eigenvalue weighted by Gasteiger charge is 2.42. The monoisotopic (exact) mass is 281 g/mol. The molecule has 0 saturated heterocycles. The molecule has 0 aromatic carbocycles. The molecule has 0 spiro atoms. The Morgan fingerprint density at radius 2 is 1.28 bits per heavy atom. The Morgan fingerprint density at radius 1 is 0.944 bits per heavy atom. The number of nitrogens with zero attached hydrogens (tertiary/aromatic N) is 1. The fraction of sp³-hybridized carbons (Fsp3) is 0.778. The smallest absolute Gasteiger partial charge is 0.382 e. The number of aliphatic hydroxyl groups is 2. The van der Waals surface area contributed by atoms with Gasteiger partial charge >= 0.3 is 12.4 Å². The molecule has 0 bridgehead atoms. The van der Waals surface area contributed by atoms with Crippen LogP contribution in [0, 0.1) is 0 Å². The van der Waals surface area contributed by atoms with Crippen LogP contribution < -0.4 is 0 Å². The van der Waals surface area contributed by atoms with Gasteiger partial charge in [0.2, 0.25) is 0 Å². The van der Waals surface area contributed by atoms with Crippen LogP contribution in [0.15, 0.2) is 12.7 Å². The molecular formula is C9H13F6NO2. The van der Waals surface area contributed by atoms with Crippen LogP contribution in [-0.2, 0) is 0 Å². The lowest BCUT2D eigenvalue weighted by molar-refractivity contribution is -0.220. The number of aliphatic hydroxyl groups excluding tert-OH is 2. The van der Waals surface area contributed by atoms with E-state index in [-0.39, 0.29) is 6.54 Å². The molecular weight excluding hydrogens is 268 g/mol. The molecule has 9 heteroatoms. The van der Waals surface area contributed by atoms with Gasteiger partial charge in [-0.15, -0.1) is 6.58 Å². The van der Waals surface area contributed by atoms with E-state index in [1.54, 1.807) is 0 Å². The maximum atomic E-state index is 12.0. The van der Waals surface area contributed by atoms with Crippen molar-refractivity contribution in [2.24, 2.45) is 0 Å². The Balaban J connectivity index is 4.54. The maximum Gasteiger partial charge on any atom is 0.415 e. The second-order valence-corrected chi connectivity index (χ2v) is 3.62. The van der Waals surface area contributed by atoms with Gasteiger partial charge in [-0.2, -0.15) is 26.3 Å². The van der Waals surface area contributed by atoms with Crippen LogP contribution in [-0.4, -0.2) is 59.3 Å². The highest BCUT2D eigenvalue weighted by Crippen LogP contribution is 2.23. The van der Waals surface area contributed by atoms with E-state index in [1.807, 2.05) is 0 Å². The fourth-order valence-electron chi connectivity index (χ4n) is 1.10. The molecule has 0 unspecified atom stereocenters. The van der Waals surface area contributed by atoms with Crippen LogP contribution in [0.3, 0.4) is 0 Å². The van der Waals surface area contributed by atoms with Crippen molar-refractivity contribution in [1.29, 1.82) is 0 Å². The minimum Gasteiger partial charge on any atom is -0.382 e. The van der Waals surface area contributed by atoms with Crippen LogP contribution in [0.1, 0.15) is 0 Å². The molecule has 108 valence electrons. The van der Waals surface area contributed by atoms with Gasteiger partial charge in [-0.05, 0) is 0 Å². The van der Waals surface area contributed by atoms with Gasteiger partial charge in [-0.25, -0.2) is 0 Å². The van der Waals surface area contributed by atoms with Gasteiger partial charge < -0.3 is 10.2 Å². The van der Waals surface area contributed by atoms with Gasteiger partial charge in [0.15, 0.2) is 12.2 Å². The lowest BCUT2D eigenvalue weighted by Gasteiger charge is -2.27. The summed E-state index contributed by atoms with van der Waals surface area (Å²) >= 11 is 0. The fourth-order valence-corrected chi connectivity index (χ4v) is 1.10. The van der Waals surface area contributed by atoms with Gasteiger partial charge in [0, 0.05) is 19.6 Å². The summed E-state index contributed by atoms with van der Waals surface area (Å²) < 4.78 is 72.2. The van der Waals surface area contributed by atoms with Gasteiger partial charge in [0.1, 0.15) is 0 Å². The minimum absolute atomic E-state index is 0.319. The van der Waals surface area contributed by atoms with Crippen molar-refractivity contribution in [3.8, 4) is 0 Å². The average molecular weight is 281 g/mol. The van der Waals surface area contributed by atoms with Crippen LogP contribution in [0.25, 0.3) is 0 Å². The third-order valence-electron chi connectivity index (χ3n) is 2.01. The van der Waals surface area contributed by atoms with E-state index in [4.69, 9.17) is 10.2 Å². The molecule has 0 aliphatic rings. The molecule has 0 fully saturated rings. The molecule has 0 aliphatic heterocycles. The zero-order valence-corrected chi connectivity index (χ0v) is 9.17. The third-order valence-corrected chi connectivity index (χ3v) is 2.01. The molecule has 0 radical (unpaired) electrons. The summed E-state index contributed by atoms with van der Waals surface area (Å²) in [5, 5.41) is 17.5. The summed E-state index contributed by atoms with van der Waals surface area (Å²) in [6, 6.07) is 0. The van der Waals surface area contributed by atoms with E-state index in [9.17, 15) is 26.3 Å². The van der Waals surface area contributed by atoms with Crippen molar-refractivity contribution < 1.29 is 36.6 Å². The Kier molecular flexibility index (Phi) is 6.11. The number of alkyl halides is 6. The SMILES string of the molecule is C=CCN(C[C@H](O)C(F)(F)F)C[C@H](O)C(F)(F)F. The zero-order valence-electron chi connectivity index (χ0n) is 9.17. The van der Waals surface area contributed by atoms with E-state index in [1.165, 1.54) is 0 Å². The van der Waals surface area contributed by atoms with E-state index in [0.717, 1.165) is 6.08 Å². The van der Waals surface area contributed by atoms with Crippen molar-refractivity contribution in [2.45, 2.75) is 24.6 Å². The molecule has 0 aromatic rings. The predicted molar refractivity (Wildman–Crippen MR) is 50.8 cm³/mol. The van der Waals surface area contributed by atoms with Gasteiger partial charge in [0.05, 0.1) is 0 Å². The Labute approximate surface area is 99.3 Å². The standard InChI is InChI=1S/C9H13F6NO2/c1-2-3-16(4-6(17)8(10,11)12)5-7(18)9(13,14)15/h2,6-7,17-18H,1,3-5H2/t6-,7-/m0/s1. The molecule has 0 amide bonds. The summed E-state index contributed by atoms with van der Waals surface area (Å²) in [5.41, 5.74) is 0. The molecule has 0 rings (SSSR count). The summed E-state index contributed by atoms with van der Waals surface area (Å²) in [4.78, 5) is 0.614. The van der Waals surface area contributed by atoms with E-state index < -0.39 is 37.7 Å². The van der Waals surface area contributed by atoms with Gasteiger partial charge in [-0.3, -0.25) is 4.90 Å². The van der Waals surface area contributed by atoms with Crippen molar-refractivity contribution in [1.82, 2.24) is 4.90 Å². The van der Waals surface area contributed by atoms with Crippen LogP contribution in [0.2, 0.25) is 0 Å². The Morgan fingerprint density at radius 3 is 1.50 bits per heavy atom. The Hall–Kier alpha value is -0.800. The third kappa shape index (κ3) is 6.22. The quantitative estimate of drug-likeness (QED) is 0.570. The molecule has 0 aliphatic carbocycles. The topological polar surface area (TPSA) is 43.7 Å². The first-order valence-corrected chi connectivity index (χ1v) is 4.81. The molecule has 0 saturated carbocycles. The van der Waals surface area contributed by atoms with E-state index in [2.05, 4.69) is 6.58 Å². The van der Waals surface area contributed by atoms with E-state index >= 15 is 0 Å². The van der Waals surface area contributed by atoms with Crippen LogP contribution >= 0.6 is 0 Å².